The molecule has 0 atom stereocenters. The lowest BCUT2D eigenvalue weighted by atomic mass is 10.2. The average Bonchev–Trinajstić information content (AvgIpc) is 2.40. The zero-order chi connectivity index (χ0) is 14.3. The van der Waals surface area contributed by atoms with Gasteiger partial charge in [-0.1, -0.05) is 26.1 Å². The summed E-state index contributed by atoms with van der Waals surface area (Å²) in [4.78, 5) is 2.85. The first kappa shape index (κ1) is 16.4. The van der Waals surface area contributed by atoms with Gasteiger partial charge in [0.05, 0.1) is 0 Å². The summed E-state index contributed by atoms with van der Waals surface area (Å²) < 4.78 is 1.00. The quantitative estimate of drug-likeness (QED) is 0.561. The molecule has 5 heteroatoms. The Morgan fingerprint density at radius 1 is 1.37 bits per heavy atom. The summed E-state index contributed by atoms with van der Waals surface area (Å²) in [6.45, 7) is 8.71. The van der Waals surface area contributed by atoms with Crippen LogP contribution in [0.2, 0.25) is 0 Å². The molecule has 1 rings (SSSR count). The molecule has 0 saturated heterocycles. The third-order valence-corrected chi connectivity index (χ3v) is 4.01. The van der Waals surface area contributed by atoms with E-state index in [2.05, 4.69) is 40.0 Å². The number of nitrogens with two attached hydrogens (primary N) is 1. The van der Waals surface area contributed by atoms with Crippen LogP contribution in [0.5, 0.6) is 0 Å². The molecule has 0 aromatic heterocycles. The van der Waals surface area contributed by atoms with Gasteiger partial charge in [-0.15, -0.1) is 0 Å². The van der Waals surface area contributed by atoms with E-state index in [4.69, 9.17) is 18.0 Å². The SMILES string of the molecule is CCN(CC)CCCNc1ccc(C(N)=S)cc1Br. The van der Waals surface area contributed by atoms with Crippen molar-refractivity contribution in [3.8, 4) is 0 Å². The second kappa shape index (κ2) is 8.51. The van der Waals surface area contributed by atoms with Crippen molar-refractivity contribution >= 4 is 38.8 Å². The zero-order valence-electron chi connectivity index (χ0n) is 11.6. The van der Waals surface area contributed by atoms with Crippen molar-refractivity contribution in [2.24, 2.45) is 5.73 Å². The maximum Gasteiger partial charge on any atom is 0.104 e. The molecule has 106 valence electrons. The van der Waals surface area contributed by atoms with E-state index in [9.17, 15) is 0 Å². The summed E-state index contributed by atoms with van der Waals surface area (Å²) in [5.74, 6) is 0. The number of halogens is 1. The second-order valence-corrected chi connectivity index (χ2v) is 5.66. The number of nitrogens with one attached hydrogen (secondary N) is 1. The minimum Gasteiger partial charge on any atom is -0.389 e. The number of hydrogen-bond donors (Lipinski definition) is 2. The molecule has 0 bridgehead atoms. The highest BCUT2D eigenvalue weighted by Gasteiger charge is 2.03. The fraction of sp³-hybridized carbons (Fsp3) is 0.500. The molecule has 3 N–H and O–H groups in total. The van der Waals surface area contributed by atoms with Crippen LogP contribution in [0.15, 0.2) is 22.7 Å². The predicted octanol–water partition coefficient (Wildman–Crippen LogP) is 3.23. The highest BCUT2D eigenvalue weighted by atomic mass is 79.9. The van der Waals surface area contributed by atoms with Crippen LogP contribution in [-0.2, 0) is 0 Å². The molecule has 0 amide bonds. The van der Waals surface area contributed by atoms with Crippen molar-refractivity contribution in [2.75, 3.05) is 31.5 Å². The molecule has 0 saturated carbocycles. The number of hydrogen-bond acceptors (Lipinski definition) is 3. The summed E-state index contributed by atoms with van der Waals surface area (Å²) in [6.07, 6.45) is 1.13. The van der Waals surface area contributed by atoms with Crippen molar-refractivity contribution in [3.05, 3.63) is 28.2 Å². The summed E-state index contributed by atoms with van der Waals surface area (Å²) in [6, 6.07) is 5.91. The standard InChI is InChI=1S/C14H22BrN3S/c1-3-18(4-2)9-5-8-17-13-7-6-11(14(16)19)10-12(13)15/h6-7,10,17H,3-5,8-9H2,1-2H3,(H2,16,19). The van der Waals surface area contributed by atoms with E-state index < -0.39 is 0 Å². The van der Waals surface area contributed by atoms with E-state index in [1.807, 2.05) is 18.2 Å². The van der Waals surface area contributed by atoms with Crippen LogP contribution in [0, 0.1) is 0 Å². The smallest absolute Gasteiger partial charge is 0.104 e. The molecule has 3 nitrogen and oxygen atoms in total. The first-order chi connectivity index (χ1) is 9.08. The van der Waals surface area contributed by atoms with Gasteiger partial charge in [-0.2, -0.15) is 0 Å². The maximum absolute atomic E-state index is 5.60. The van der Waals surface area contributed by atoms with Gasteiger partial charge in [-0.3, -0.25) is 0 Å². The van der Waals surface area contributed by atoms with E-state index in [1.165, 1.54) is 0 Å². The first-order valence-corrected chi connectivity index (χ1v) is 7.84. The lowest BCUT2D eigenvalue weighted by molar-refractivity contribution is 0.303. The third-order valence-electron chi connectivity index (χ3n) is 3.11. The minimum absolute atomic E-state index is 0.425. The number of benzene rings is 1. The normalized spacial score (nSPS) is 10.7. The lowest BCUT2D eigenvalue weighted by Gasteiger charge is -2.18. The Labute approximate surface area is 129 Å². The molecule has 19 heavy (non-hydrogen) atoms. The van der Waals surface area contributed by atoms with E-state index in [0.29, 0.717) is 4.99 Å². The van der Waals surface area contributed by atoms with Crippen LogP contribution < -0.4 is 11.1 Å². The van der Waals surface area contributed by atoms with Gasteiger partial charge in [0.1, 0.15) is 4.99 Å². The summed E-state index contributed by atoms with van der Waals surface area (Å²) in [7, 11) is 0. The fourth-order valence-electron chi connectivity index (χ4n) is 1.88. The highest BCUT2D eigenvalue weighted by molar-refractivity contribution is 9.10. The van der Waals surface area contributed by atoms with Crippen molar-refractivity contribution < 1.29 is 0 Å². The van der Waals surface area contributed by atoms with Gasteiger partial charge >= 0.3 is 0 Å². The number of rotatable bonds is 8. The molecule has 0 radical (unpaired) electrons. The van der Waals surface area contributed by atoms with Gasteiger partial charge in [0.15, 0.2) is 0 Å². The Kier molecular flexibility index (Phi) is 7.34. The van der Waals surface area contributed by atoms with Crippen LogP contribution in [0.3, 0.4) is 0 Å². The highest BCUT2D eigenvalue weighted by Crippen LogP contribution is 2.23. The Bertz CT molecular complexity index is 419. The van der Waals surface area contributed by atoms with Gasteiger partial charge < -0.3 is 16.0 Å². The molecule has 0 fully saturated rings. The fourth-order valence-corrected chi connectivity index (χ4v) is 2.52. The molecular formula is C14H22BrN3S. The summed E-state index contributed by atoms with van der Waals surface area (Å²) >= 11 is 8.49. The topological polar surface area (TPSA) is 41.3 Å². The van der Waals surface area contributed by atoms with Crippen LogP contribution in [0.25, 0.3) is 0 Å². The van der Waals surface area contributed by atoms with E-state index in [0.717, 1.165) is 48.3 Å². The van der Waals surface area contributed by atoms with Gasteiger partial charge in [0, 0.05) is 22.3 Å². The third kappa shape index (κ3) is 5.47. The molecule has 1 aromatic carbocycles. The van der Waals surface area contributed by atoms with Gasteiger partial charge in [0.2, 0.25) is 0 Å². The number of anilines is 1. The minimum atomic E-state index is 0.425. The number of nitrogens with zero attached hydrogens (tertiary/aromatic N) is 1. The first-order valence-electron chi connectivity index (χ1n) is 6.64. The molecule has 0 aliphatic carbocycles. The molecular weight excluding hydrogens is 322 g/mol. The van der Waals surface area contributed by atoms with E-state index in [-0.39, 0.29) is 0 Å². The van der Waals surface area contributed by atoms with Crippen LogP contribution in [-0.4, -0.2) is 36.1 Å². The predicted molar refractivity (Wildman–Crippen MR) is 90.9 cm³/mol. The molecule has 0 unspecified atom stereocenters. The van der Waals surface area contributed by atoms with Crippen molar-refractivity contribution in [3.63, 3.8) is 0 Å². The van der Waals surface area contributed by atoms with Crippen molar-refractivity contribution in [1.29, 1.82) is 0 Å². The Balaban J connectivity index is 2.43. The van der Waals surface area contributed by atoms with Crippen LogP contribution in [0.4, 0.5) is 5.69 Å². The Morgan fingerprint density at radius 2 is 2.05 bits per heavy atom. The molecule has 0 spiro atoms. The largest absolute Gasteiger partial charge is 0.389 e. The lowest BCUT2D eigenvalue weighted by Crippen LogP contribution is -2.25. The van der Waals surface area contributed by atoms with Gasteiger partial charge in [-0.05, 0) is 60.2 Å². The molecule has 0 heterocycles. The average molecular weight is 344 g/mol. The van der Waals surface area contributed by atoms with E-state index in [1.54, 1.807) is 0 Å². The second-order valence-electron chi connectivity index (χ2n) is 4.37. The maximum atomic E-state index is 5.60. The van der Waals surface area contributed by atoms with Crippen molar-refractivity contribution in [1.82, 2.24) is 4.90 Å². The van der Waals surface area contributed by atoms with Crippen LogP contribution in [0.1, 0.15) is 25.8 Å². The zero-order valence-corrected chi connectivity index (χ0v) is 14.0. The van der Waals surface area contributed by atoms with Gasteiger partial charge in [-0.25, -0.2) is 0 Å². The van der Waals surface area contributed by atoms with Crippen molar-refractivity contribution in [2.45, 2.75) is 20.3 Å². The van der Waals surface area contributed by atoms with E-state index >= 15 is 0 Å². The Morgan fingerprint density at radius 3 is 2.58 bits per heavy atom. The molecule has 0 aliphatic rings. The van der Waals surface area contributed by atoms with Gasteiger partial charge in [0.25, 0.3) is 0 Å². The molecule has 1 aromatic rings. The molecule has 0 aliphatic heterocycles. The number of thiocarbonyl (C=S) groups is 1. The summed E-state index contributed by atoms with van der Waals surface area (Å²) in [5.41, 5.74) is 7.57. The van der Waals surface area contributed by atoms with Crippen LogP contribution >= 0.6 is 28.1 Å². The monoisotopic (exact) mass is 343 g/mol. The Hall–Kier alpha value is -0.650. The summed E-state index contributed by atoms with van der Waals surface area (Å²) in [5, 5.41) is 3.42.